The molecule has 0 atom stereocenters. The molecule has 0 amide bonds. The topological polar surface area (TPSA) is 29.1 Å². The van der Waals surface area contributed by atoms with Crippen molar-refractivity contribution in [2.24, 2.45) is 0 Å². The highest BCUT2D eigenvalue weighted by Crippen LogP contribution is 2.24. The molecule has 0 spiro atoms. The van der Waals surface area contributed by atoms with E-state index in [1.165, 1.54) is 10.4 Å². The minimum absolute atomic E-state index is 0.236. The summed E-state index contributed by atoms with van der Waals surface area (Å²) in [5.74, 6) is 0.236. The Morgan fingerprint density at radius 3 is 3.11 bits per heavy atom. The lowest BCUT2D eigenvalue weighted by Gasteiger charge is -2.04. The van der Waals surface area contributed by atoms with E-state index in [4.69, 9.17) is 0 Å². The average Bonchev–Trinajstić information content (AvgIpc) is 3.05. The van der Waals surface area contributed by atoms with E-state index in [-0.39, 0.29) is 5.78 Å². The van der Waals surface area contributed by atoms with Gasteiger partial charge >= 0.3 is 0 Å². The molecule has 1 aromatic carbocycles. The maximum absolute atomic E-state index is 12.1. The number of benzene rings is 1. The number of ketones is 1. The van der Waals surface area contributed by atoms with Crippen molar-refractivity contribution in [3.63, 3.8) is 0 Å². The Hall–Kier alpha value is -1.61. The highest BCUT2D eigenvalue weighted by molar-refractivity contribution is 7.09. The molecule has 92 valence electrons. The predicted molar refractivity (Wildman–Crippen MR) is 75.6 cm³/mol. The number of thiophene rings is 1. The number of rotatable bonds is 4. The zero-order valence-electron chi connectivity index (χ0n) is 10.1. The van der Waals surface area contributed by atoms with Crippen LogP contribution in [0.5, 0.6) is 0 Å². The molecule has 1 aromatic heterocycles. The summed E-state index contributed by atoms with van der Waals surface area (Å²) in [5.41, 5.74) is 3.29. The molecule has 0 radical (unpaired) electrons. The Balaban J connectivity index is 1.69. The molecule has 0 aliphatic carbocycles. The second kappa shape index (κ2) is 4.94. The third-order valence-corrected chi connectivity index (χ3v) is 4.26. The first-order chi connectivity index (χ1) is 8.83. The van der Waals surface area contributed by atoms with Gasteiger partial charge in [0.15, 0.2) is 5.78 Å². The Labute approximate surface area is 111 Å². The summed E-state index contributed by atoms with van der Waals surface area (Å²) in [5, 5.41) is 5.37. The van der Waals surface area contributed by atoms with Gasteiger partial charge < -0.3 is 5.32 Å². The van der Waals surface area contributed by atoms with E-state index in [9.17, 15) is 4.79 Å². The normalized spacial score (nSPS) is 13.1. The Kier molecular flexibility index (Phi) is 3.15. The number of nitrogens with one attached hydrogen (secondary N) is 1. The van der Waals surface area contributed by atoms with Gasteiger partial charge in [0.1, 0.15) is 0 Å². The molecule has 1 N–H and O–H groups in total. The van der Waals surface area contributed by atoms with Gasteiger partial charge in [-0.2, -0.15) is 0 Å². The molecule has 0 saturated carbocycles. The van der Waals surface area contributed by atoms with Gasteiger partial charge in [0.25, 0.3) is 0 Å². The Morgan fingerprint density at radius 2 is 2.28 bits per heavy atom. The van der Waals surface area contributed by atoms with Crippen molar-refractivity contribution in [3.8, 4) is 0 Å². The molecular weight excluding hydrogens is 242 g/mol. The molecule has 18 heavy (non-hydrogen) atoms. The van der Waals surface area contributed by atoms with Crippen LogP contribution in [0.2, 0.25) is 0 Å². The van der Waals surface area contributed by atoms with E-state index in [0.717, 1.165) is 30.6 Å². The zero-order valence-corrected chi connectivity index (χ0v) is 10.9. The van der Waals surface area contributed by atoms with Gasteiger partial charge in [-0.3, -0.25) is 4.79 Å². The van der Waals surface area contributed by atoms with Crippen molar-refractivity contribution in [1.29, 1.82) is 0 Å². The van der Waals surface area contributed by atoms with E-state index < -0.39 is 0 Å². The Bertz CT molecular complexity index is 560. The molecule has 0 fully saturated rings. The predicted octanol–water partition coefficient (Wildman–Crippen LogP) is 3.53. The summed E-state index contributed by atoms with van der Waals surface area (Å²) in [6.45, 7) is 0.988. The van der Waals surface area contributed by atoms with Gasteiger partial charge in [0, 0.05) is 29.1 Å². The number of aryl methyl sites for hydroxylation is 1. The van der Waals surface area contributed by atoms with Crippen LogP contribution in [0.4, 0.5) is 5.69 Å². The fourth-order valence-corrected chi connectivity index (χ4v) is 3.01. The fourth-order valence-electron chi connectivity index (χ4n) is 2.30. The minimum atomic E-state index is 0.236. The van der Waals surface area contributed by atoms with E-state index in [1.807, 2.05) is 18.2 Å². The third kappa shape index (κ3) is 2.31. The summed E-state index contributed by atoms with van der Waals surface area (Å²) in [7, 11) is 0. The molecule has 2 aromatic rings. The molecular formula is C15H15NOS. The molecule has 2 nitrogen and oxygen atoms in total. The van der Waals surface area contributed by atoms with Crippen molar-refractivity contribution in [2.45, 2.75) is 19.3 Å². The standard InChI is InChI=1S/C15H15NOS/c17-15(6-5-13-2-1-9-18-13)12-4-3-11-7-8-16-14(11)10-12/h1-4,9-10,16H,5-8H2. The lowest BCUT2D eigenvalue weighted by molar-refractivity contribution is 0.0983. The van der Waals surface area contributed by atoms with Crippen molar-refractivity contribution in [3.05, 3.63) is 51.7 Å². The van der Waals surface area contributed by atoms with Gasteiger partial charge in [-0.25, -0.2) is 0 Å². The third-order valence-electron chi connectivity index (χ3n) is 3.32. The number of hydrogen-bond donors (Lipinski definition) is 1. The maximum atomic E-state index is 12.1. The van der Waals surface area contributed by atoms with Crippen molar-refractivity contribution in [1.82, 2.24) is 0 Å². The number of hydrogen-bond acceptors (Lipinski definition) is 3. The van der Waals surface area contributed by atoms with E-state index in [2.05, 4.69) is 22.8 Å². The molecule has 0 unspecified atom stereocenters. The summed E-state index contributed by atoms with van der Waals surface area (Å²) in [6, 6.07) is 10.2. The highest BCUT2D eigenvalue weighted by atomic mass is 32.1. The van der Waals surface area contributed by atoms with E-state index in [1.54, 1.807) is 11.3 Å². The van der Waals surface area contributed by atoms with Gasteiger partial charge in [0.2, 0.25) is 0 Å². The lowest BCUT2D eigenvalue weighted by atomic mass is 10.0. The van der Waals surface area contributed by atoms with Crippen LogP contribution in [0.3, 0.4) is 0 Å². The van der Waals surface area contributed by atoms with Gasteiger partial charge in [-0.1, -0.05) is 18.2 Å². The fraction of sp³-hybridized carbons (Fsp3) is 0.267. The van der Waals surface area contributed by atoms with Crippen molar-refractivity contribution < 1.29 is 4.79 Å². The van der Waals surface area contributed by atoms with E-state index in [0.29, 0.717) is 6.42 Å². The van der Waals surface area contributed by atoms with Crippen LogP contribution < -0.4 is 5.32 Å². The smallest absolute Gasteiger partial charge is 0.163 e. The second-order valence-electron chi connectivity index (χ2n) is 4.55. The summed E-state index contributed by atoms with van der Waals surface area (Å²) in [6.07, 6.45) is 2.51. The second-order valence-corrected chi connectivity index (χ2v) is 5.58. The van der Waals surface area contributed by atoms with Crippen LogP contribution >= 0.6 is 11.3 Å². The quantitative estimate of drug-likeness (QED) is 0.849. The summed E-state index contributed by atoms with van der Waals surface area (Å²) < 4.78 is 0. The molecule has 1 aliphatic rings. The number of fused-ring (bicyclic) bond motifs is 1. The van der Waals surface area contributed by atoms with Gasteiger partial charge in [0.05, 0.1) is 0 Å². The van der Waals surface area contributed by atoms with E-state index >= 15 is 0 Å². The summed E-state index contributed by atoms with van der Waals surface area (Å²) in [4.78, 5) is 13.4. The molecule has 1 aliphatic heterocycles. The van der Waals surface area contributed by atoms with Crippen molar-refractivity contribution in [2.75, 3.05) is 11.9 Å². The largest absolute Gasteiger partial charge is 0.384 e. The van der Waals surface area contributed by atoms with Crippen LogP contribution in [-0.4, -0.2) is 12.3 Å². The van der Waals surface area contributed by atoms with Crippen LogP contribution in [0.15, 0.2) is 35.7 Å². The van der Waals surface area contributed by atoms with Crippen LogP contribution in [0.1, 0.15) is 27.2 Å². The number of carbonyl (C=O) groups excluding carboxylic acids is 1. The highest BCUT2D eigenvalue weighted by Gasteiger charge is 2.13. The van der Waals surface area contributed by atoms with Crippen LogP contribution in [-0.2, 0) is 12.8 Å². The maximum Gasteiger partial charge on any atom is 0.163 e. The monoisotopic (exact) mass is 257 g/mol. The molecule has 0 saturated heterocycles. The van der Waals surface area contributed by atoms with Gasteiger partial charge in [-0.15, -0.1) is 11.3 Å². The lowest BCUT2D eigenvalue weighted by Crippen LogP contribution is -2.01. The molecule has 2 heterocycles. The number of carbonyl (C=O) groups is 1. The first-order valence-corrected chi connectivity index (χ1v) is 7.13. The SMILES string of the molecule is O=C(CCc1cccs1)c1ccc2c(c1)NCC2. The van der Waals surface area contributed by atoms with Crippen LogP contribution in [0, 0.1) is 0 Å². The molecule has 3 heteroatoms. The number of anilines is 1. The number of Topliss-reactive ketones (excluding diaryl/α,β-unsaturated/α-hetero) is 1. The van der Waals surface area contributed by atoms with Gasteiger partial charge in [-0.05, 0) is 35.9 Å². The van der Waals surface area contributed by atoms with Crippen molar-refractivity contribution >= 4 is 22.8 Å². The minimum Gasteiger partial charge on any atom is -0.384 e. The summed E-state index contributed by atoms with van der Waals surface area (Å²) >= 11 is 1.72. The first kappa shape index (κ1) is 11.5. The first-order valence-electron chi connectivity index (χ1n) is 6.25. The molecule has 0 bridgehead atoms. The van der Waals surface area contributed by atoms with Crippen LogP contribution in [0.25, 0.3) is 0 Å². The zero-order chi connectivity index (χ0) is 12.4. The molecule has 3 rings (SSSR count). The Morgan fingerprint density at radius 1 is 1.33 bits per heavy atom. The average molecular weight is 257 g/mol.